The summed E-state index contributed by atoms with van der Waals surface area (Å²) in [4.78, 5) is 12.0. The summed E-state index contributed by atoms with van der Waals surface area (Å²) in [5, 5.41) is 3.41. The fourth-order valence-corrected chi connectivity index (χ4v) is 2.79. The Kier molecular flexibility index (Phi) is 5.28. The lowest BCUT2D eigenvalue weighted by Gasteiger charge is -2.33. The highest BCUT2D eigenvalue weighted by Gasteiger charge is 2.23. The van der Waals surface area contributed by atoms with Crippen molar-refractivity contribution in [1.82, 2.24) is 20.2 Å². The summed E-state index contributed by atoms with van der Waals surface area (Å²) in [6.45, 7) is 10.9. The molecule has 1 aromatic rings. The molecule has 0 bridgehead atoms. The average molecular weight is 262 g/mol. The molecule has 1 aliphatic heterocycles. The van der Waals surface area contributed by atoms with E-state index in [1.807, 2.05) is 0 Å². The normalized spacial score (nSPS) is 18.5. The van der Waals surface area contributed by atoms with E-state index in [2.05, 4.69) is 42.0 Å². The first kappa shape index (κ1) is 14.4. The summed E-state index contributed by atoms with van der Waals surface area (Å²) >= 11 is 0. The van der Waals surface area contributed by atoms with Gasteiger partial charge in [0.1, 0.15) is 5.82 Å². The Hall–Kier alpha value is -1.00. The van der Waals surface area contributed by atoms with Crippen LogP contribution in [0.5, 0.6) is 0 Å². The third kappa shape index (κ3) is 3.74. The summed E-state index contributed by atoms with van der Waals surface area (Å²) in [6.07, 6.45) is 3.27. The van der Waals surface area contributed by atoms with Crippen molar-refractivity contribution in [2.75, 3.05) is 26.2 Å². The first-order valence-electron chi connectivity index (χ1n) is 7.53. The second kappa shape index (κ2) is 6.96. The average Bonchev–Trinajstić information content (AvgIpc) is 2.40. The molecule has 0 aromatic carbocycles. The number of hydrogen-bond donors (Lipinski definition) is 1. The molecule has 0 saturated carbocycles. The molecule has 1 N–H and O–H groups in total. The smallest absolute Gasteiger partial charge is 0.145 e. The van der Waals surface area contributed by atoms with Crippen molar-refractivity contribution in [1.29, 1.82) is 0 Å². The Balaban J connectivity index is 2.21. The van der Waals surface area contributed by atoms with Crippen LogP contribution in [0, 0.1) is 6.92 Å². The predicted octanol–water partition coefficient (Wildman–Crippen LogP) is 2.09. The van der Waals surface area contributed by atoms with E-state index in [9.17, 15) is 0 Å². The van der Waals surface area contributed by atoms with Gasteiger partial charge in [-0.15, -0.1) is 0 Å². The number of piperazine rings is 1. The Morgan fingerprint density at radius 3 is 2.63 bits per heavy atom. The lowest BCUT2D eigenvalue weighted by molar-refractivity contribution is 0.162. The van der Waals surface area contributed by atoms with Crippen molar-refractivity contribution in [3.63, 3.8) is 0 Å². The molecule has 1 saturated heterocycles. The van der Waals surface area contributed by atoms with Crippen LogP contribution in [0.4, 0.5) is 0 Å². The number of hydrogen-bond acceptors (Lipinski definition) is 4. The van der Waals surface area contributed by atoms with Gasteiger partial charge in [-0.25, -0.2) is 9.97 Å². The summed E-state index contributed by atoms with van der Waals surface area (Å²) in [5.74, 6) is 1.02. The molecule has 1 fully saturated rings. The second-order valence-corrected chi connectivity index (χ2v) is 5.32. The molecule has 0 radical (unpaired) electrons. The minimum Gasteiger partial charge on any atom is -0.314 e. The van der Waals surface area contributed by atoms with Crippen LogP contribution in [0.25, 0.3) is 0 Å². The molecule has 1 atom stereocenters. The van der Waals surface area contributed by atoms with Gasteiger partial charge >= 0.3 is 0 Å². The second-order valence-electron chi connectivity index (χ2n) is 5.32. The van der Waals surface area contributed by atoms with Gasteiger partial charge in [-0.3, -0.25) is 4.90 Å². The van der Waals surface area contributed by atoms with E-state index in [1.54, 1.807) is 0 Å². The van der Waals surface area contributed by atoms with Gasteiger partial charge in [-0.2, -0.15) is 0 Å². The third-order valence-electron chi connectivity index (χ3n) is 3.71. The Labute approximate surface area is 116 Å². The van der Waals surface area contributed by atoms with E-state index in [0.717, 1.165) is 57.0 Å². The molecule has 0 spiro atoms. The van der Waals surface area contributed by atoms with Gasteiger partial charge in [0.15, 0.2) is 0 Å². The molecule has 1 aromatic heterocycles. The van der Waals surface area contributed by atoms with Crippen molar-refractivity contribution in [2.45, 2.75) is 46.1 Å². The maximum Gasteiger partial charge on any atom is 0.145 e. The van der Waals surface area contributed by atoms with Crippen LogP contribution >= 0.6 is 0 Å². The summed E-state index contributed by atoms with van der Waals surface area (Å²) in [5.41, 5.74) is 2.29. The van der Waals surface area contributed by atoms with Crippen LogP contribution < -0.4 is 5.32 Å². The summed E-state index contributed by atoms with van der Waals surface area (Å²) in [6, 6.07) is 2.50. The van der Waals surface area contributed by atoms with Gasteiger partial charge in [0.05, 0.1) is 6.04 Å². The third-order valence-corrected chi connectivity index (χ3v) is 3.71. The molecule has 0 aliphatic carbocycles. The van der Waals surface area contributed by atoms with Crippen molar-refractivity contribution >= 4 is 0 Å². The van der Waals surface area contributed by atoms with Crippen LogP contribution in [0.3, 0.4) is 0 Å². The quantitative estimate of drug-likeness (QED) is 0.882. The SMILES string of the molecule is CCCc1cc(C)nc(C(CC)N2CCNCC2)n1. The molecule has 0 amide bonds. The molecule has 1 unspecified atom stereocenters. The van der Waals surface area contributed by atoms with E-state index in [1.165, 1.54) is 5.69 Å². The van der Waals surface area contributed by atoms with Crippen molar-refractivity contribution in [3.05, 3.63) is 23.3 Å². The van der Waals surface area contributed by atoms with Crippen LogP contribution in [0.15, 0.2) is 6.07 Å². The zero-order chi connectivity index (χ0) is 13.7. The van der Waals surface area contributed by atoms with Crippen molar-refractivity contribution < 1.29 is 0 Å². The number of aromatic nitrogens is 2. The largest absolute Gasteiger partial charge is 0.314 e. The summed E-state index contributed by atoms with van der Waals surface area (Å²) in [7, 11) is 0. The highest BCUT2D eigenvalue weighted by atomic mass is 15.2. The van der Waals surface area contributed by atoms with E-state index in [-0.39, 0.29) is 0 Å². The lowest BCUT2D eigenvalue weighted by atomic mass is 10.1. The van der Waals surface area contributed by atoms with Gasteiger partial charge < -0.3 is 5.32 Å². The number of rotatable bonds is 5. The maximum absolute atomic E-state index is 4.80. The monoisotopic (exact) mass is 262 g/mol. The molecule has 1 aliphatic rings. The fraction of sp³-hybridized carbons (Fsp3) is 0.733. The molecular formula is C15H26N4. The number of nitrogens with zero attached hydrogens (tertiary/aromatic N) is 3. The van der Waals surface area contributed by atoms with Gasteiger partial charge in [-0.05, 0) is 25.8 Å². The number of nitrogens with one attached hydrogen (secondary N) is 1. The topological polar surface area (TPSA) is 41.1 Å². The Bertz CT molecular complexity index is 399. The maximum atomic E-state index is 4.80. The highest BCUT2D eigenvalue weighted by Crippen LogP contribution is 2.22. The molecule has 2 rings (SSSR count). The predicted molar refractivity (Wildman–Crippen MR) is 78.2 cm³/mol. The van der Waals surface area contributed by atoms with Crippen LogP contribution in [-0.4, -0.2) is 41.0 Å². The fourth-order valence-electron chi connectivity index (χ4n) is 2.79. The Morgan fingerprint density at radius 1 is 1.26 bits per heavy atom. The zero-order valence-corrected chi connectivity index (χ0v) is 12.4. The van der Waals surface area contributed by atoms with Crippen LogP contribution in [0.1, 0.15) is 49.9 Å². The minimum atomic E-state index is 0.373. The molecule has 19 heavy (non-hydrogen) atoms. The molecule has 2 heterocycles. The highest BCUT2D eigenvalue weighted by molar-refractivity contribution is 5.12. The first-order chi connectivity index (χ1) is 9.24. The van der Waals surface area contributed by atoms with Crippen molar-refractivity contribution in [2.24, 2.45) is 0 Å². The zero-order valence-electron chi connectivity index (χ0n) is 12.4. The van der Waals surface area contributed by atoms with Gasteiger partial charge in [0, 0.05) is 37.6 Å². The Morgan fingerprint density at radius 2 is 2.00 bits per heavy atom. The first-order valence-corrected chi connectivity index (χ1v) is 7.53. The molecular weight excluding hydrogens is 236 g/mol. The molecule has 106 valence electrons. The van der Waals surface area contributed by atoms with Gasteiger partial charge in [0.25, 0.3) is 0 Å². The van der Waals surface area contributed by atoms with Gasteiger partial charge in [-0.1, -0.05) is 20.3 Å². The van der Waals surface area contributed by atoms with E-state index >= 15 is 0 Å². The summed E-state index contributed by atoms with van der Waals surface area (Å²) < 4.78 is 0. The minimum absolute atomic E-state index is 0.373. The van der Waals surface area contributed by atoms with Gasteiger partial charge in [0.2, 0.25) is 0 Å². The standard InChI is InChI=1S/C15H26N4/c1-4-6-13-11-12(3)17-15(18-13)14(5-2)19-9-7-16-8-10-19/h11,14,16H,4-10H2,1-3H3. The van der Waals surface area contributed by atoms with E-state index in [0.29, 0.717) is 6.04 Å². The van der Waals surface area contributed by atoms with Crippen LogP contribution in [-0.2, 0) is 6.42 Å². The van der Waals surface area contributed by atoms with E-state index < -0.39 is 0 Å². The van der Waals surface area contributed by atoms with E-state index in [4.69, 9.17) is 4.98 Å². The lowest BCUT2D eigenvalue weighted by Crippen LogP contribution is -2.45. The van der Waals surface area contributed by atoms with Crippen molar-refractivity contribution in [3.8, 4) is 0 Å². The number of aryl methyl sites for hydroxylation is 2. The molecule has 4 heteroatoms. The van der Waals surface area contributed by atoms with Crippen LogP contribution in [0.2, 0.25) is 0 Å². The molecule has 4 nitrogen and oxygen atoms in total.